The Kier molecular flexibility index (Phi) is 7.18. The number of guanidine groups is 1. The van der Waals surface area contributed by atoms with E-state index >= 15 is 0 Å². The highest BCUT2D eigenvalue weighted by Gasteiger charge is 2.13. The van der Waals surface area contributed by atoms with Crippen LogP contribution in [0.25, 0.3) is 0 Å². The van der Waals surface area contributed by atoms with E-state index in [0.717, 1.165) is 9.88 Å². The van der Waals surface area contributed by atoms with Gasteiger partial charge in [-0.25, -0.2) is 18.1 Å². The summed E-state index contributed by atoms with van der Waals surface area (Å²) in [7, 11) is -1.93. The third-order valence-corrected chi connectivity index (χ3v) is 5.72. The molecule has 136 valence electrons. The van der Waals surface area contributed by atoms with E-state index in [-0.39, 0.29) is 11.4 Å². The fraction of sp³-hybridized carbons (Fsp3) is 0.333. The molecule has 0 unspecified atom stereocenters. The molecule has 1 heterocycles. The molecule has 0 aliphatic carbocycles. The van der Waals surface area contributed by atoms with Crippen LogP contribution in [0.5, 0.6) is 0 Å². The molecule has 7 nitrogen and oxygen atoms in total. The lowest BCUT2D eigenvalue weighted by molar-refractivity contribution is 0.580. The van der Waals surface area contributed by atoms with Crippen molar-refractivity contribution < 1.29 is 8.42 Å². The van der Waals surface area contributed by atoms with E-state index in [2.05, 4.69) is 25.3 Å². The monoisotopic (exact) mass is 401 g/mol. The first-order chi connectivity index (χ1) is 11.9. The number of hydrogen-bond donors (Lipinski definition) is 3. The van der Waals surface area contributed by atoms with Gasteiger partial charge in [0.15, 0.2) is 5.96 Å². The Morgan fingerprint density at radius 2 is 2.12 bits per heavy atom. The number of nitrogens with zero attached hydrogens (tertiary/aromatic N) is 2. The van der Waals surface area contributed by atoms with Crippen molar-refractivity contribution in [3.05, 3.63) is 45.4 Å². The van der Waals surface area contributed by atoms with E-state index in [4.69, 9.17) is 11.6 Å². The molecule has 0 atom stereocenters. The van der Waals surface area contributed by atoms with Crippen LogP contribution >= 0.6 is 22.9 Å². The van der Waals surface area contributed by atoms with Gasteiger partial charge in [0, 0.05) is 36.2 Å². The van der Waals surface area contributed by atoms with E-state index in [0.29, 0.717) is 24.1 Å². The van der Waals surface area contributed by atoms with E-state index < -0.39 is 10.0 Å². The molecular formula is C15H20ClN5O2S2. The van der Waals surface area contributed by atoms with Crippen molar-refractivity contribution in [3.8, 4) is 0 Å². The van der Waals surface area contributed by atoms with Gasteiger partial charge >= 0.3 is 0 Å². The highest BCUT2D eigenvalue weighted by Crippen LogP contribution is 2.14. The van der Waals surface area contributed by atoms with Gasteiger partial charge in [-0.15, -0.1) is 11.3 Å². The summed E-state index contributed by atoms with van der Waals surface area (Å²) >= 11 is 7.44. The second-order valence-corrected chi connectivity index (χ2v) is 8.60. The lowest BCUT2D eigenvalue weighted by Gasteiger charge is -2.12. The predicted molar refractivity (Wildman–Crippen MR) is 102 cm³/mol. The van der Waals surface area contributed by atoms with Crippen LogP contribution in [0.4, 0.5) is 0 Å². The van der Waals surface area contributed by atoms with Crippen molar-refractivity contribution in [1.29, 1.82) is 0 Å². The molecule has 25 heavy (non-hydrogen) atoms. The molecule has 0 spiro atoms. The number of hydrogen-bond acceptors (Lipinski definition) is 5. The Morgan fingerprint density at radius 3 is 2.76 bits per heavy atom. The van der Waals surface area contributed by atoms with Crippen molar-refractivity contribution in [1.82, 2.24) is 20.3 Å². The fourth-order valence-electron chi connectivity index (χ4n) is 1.95. The summed E-state index contributed by atoms with van der Waals surface area (Å²) in [6, 6.07) is 6.13. The molecule has 0 aliphatic rings. The van der Waals surface area contributed by atoms with Gasteiger partial charge in [-0.1, -0.05) is 17.7 Å². The van der Waals surface area contributed by atoms with Gasteiger partial charge in [0.2, 0.25) is 10.0 Å². The molecule has 0 radical (unpaired) electrons. The lowest BCUT2D eigenvalue weighted by Crippen LogP contribution is -2.41. The van der Waals surface area contributed by atoms with Gasteiger partial charge in [0.1, 0.15) is 5.01 Å². The first-order valence-corrected chi connectivity index (χ1v) is 10.2. The second-order valence-electron chi connectivity index (χ2n) is 5.07. The van der Waals surface area contributed by atoms with Crippen LogP contribution in [0, 0.1) is 6.92 Å². The summed E-state index contributed by atoms with van der Waals surface area (Å²) in [5.74, 6) is 0.579. The van der Waals surface area contributed by atoms with Crippen molar-refractivity contribution in [3.63, 3.8) is 0 Å². The number of aromatic nitrogens is 1. The average molecular weight is 402 g/mol. The molecule has 1 aromatic carbocycles. The van der Waals surface area contributed by atoms with Gasteiger partial charge in [0.05, 0.1) is 11.4 Å². The quantitative estimate of drug-likeness (QED) is 0.373. The summed E-state index contributed by atoms with van der Waals surface area (Å²) in [5.41, 5.74) is 0. The number of aryl methyl sites for hydroxylation is 1. The third-order valence-electron chi connectivity index (χ3n) is 3.12. The van der Waals surface area contributed by atoms with Crippen LogP contribution in [0.2, 0.25) is 5.02 Å². The lowest BCUT2D eigenvalue weighted by atomic mass is 10.4. The maximum Gasteiger partial charge on any atom is 0.240 e. The molecule has 1 aromatic heterocycles. The number of thiazole rings is 1. The van der Waals surface area contributed by atoms with E-state index in [1.807, 2.05) is 13.1 Å². The Morgan fingerprint density at radius 1 is 1.32 bits per heavy atom. The van der Waals surface area contributed by atoms with Crippen LogP contribution in [-0.4, -0.2) is 39.5 Å². The van der Waals surface area contributed by atoms with Gasteiger partial charge < -0.3 is 10.6 Å². The number of halogens is 1. The van der Waals surface area contributed by atoms with E-state index in [1.165, 1.54) is 12.1 Å². The molecule has 2 rings (SSSR count). The summed E-state index contributed by atoms with van der Waals surface area (Å²) in [6.45, 7) is 3.16. The maximum atomic E-state index is 12.2. The first-order valence-electron chi connectivity index (χ1n) is 7.52. The number of sulfonamides is 1. The molecule has 0 saturated heterocycles. The number of rotatable bonds is 7. The number of aliphatic imine (C=N–C) groups is 1. The van der Waals surface area contributed by atoms with Crippen LogP contribution in [0.1, 0.15) is 9.88 Å². The van der Waals surface area contributed by atoms with Crippen LogP contribution < -0.4 is 15.4 Å². The number of benzene rings is 1. The van der Waals surface area contributed by atoms with Crippen LogP contribution in [-0.2, 0) is 16.6 Å². The standard InChI is InChI=1S/C15H20ClN5O2S2/c1-11-9-19-14(24-11)10-20-15(17-2)18-6-7-21-25(22,23)13-5-3-4-12(16)8-13/h3-5,8-9,21H,6-7,10H2,1-2H3,(H2,17,18,20). The molecule has 3 N–H and O–H groups in total. The summed E-state index contributed by atoms with van der Waals surface area (Å²) in [4.78, 5) is 9.64. The highest BCUT2D eigenvalue weighted by molar-refractivity contribution is 7.89. The largest absolute Gasteiger partial charge is 0.355 e. The minimum Gasteiger partial charge on any atom is -0.355 e. The SMILES string of the molecule is CN=C(NCCNS(=O)(=O)c1cccc(Cl)c1)NCc1ncc(C)s1. The molecule has 0 aliphatic heterocycles. The second kappa shape index (κ2) is 9.14. The smallest absolute Gasteiger partial charge is 0.240 e. The molecule has 10 heteroatoms. The molecule has 0 amide bonds. The van der Waals surface area contributed by atoms with Gasteiger partial charge in [-0.2, -0.15) is 0 Å². The molecular weight excluding hydrogens is 382 g/mol. The zero-order chi connectivity index (χ0) is 18.3. The van der Waals surface area contributed by atoms with Crippen molar-refractivity contribution in [2.75, 3.05) is 20.1 Å². The van der Waals surface area contributed by atoms with Crippen molar-refractivity contribution in [2.45, 2.75) is 18.4 Å². The fourth-order valence-corrected chi connectivity index (χ4v) is 4.01. The van der Waals surface area contributed by atoms with Crippen molar-refractivity contribution in [2.24, 2.45) is 4.99 Å². The third kappa shape index (κ3) is 6.28. The van der Waals surface area contributed by atoms with Gasteiger partial charge in [-0.05, 0) is 25.1 Å². The van der Waals surface area contributed by atoms with Gasteiger partial charge in [-0.3, -0.25) is 4.99 Å². The first kappa shape index (κ1) is 19.6. The van der Waals surface area contributed by atoms with Crippen molar-refractivity contribution >= 4 is 38.9 Å². The summed E-state index contributed by atoms with van der Waals surface area (Å²) in [5, 5.41) is 7.51. The Bertz CT molecular complexity index is 836. The Balaban J connectivity index is 1.77. The predicted octanol–water partition coefficient (Wildman–Crippen LogP) is 1.75. The molecule has 0 bridgehead atoms. The summed E-state index contributed by atoms with van der Waals surface area (Å²) in [6.07, 6.45) is 1.82. The topological polar surface area (TPSA) is 95.5 Å². The highest BCUT2D eigenvalue weighted by atomic mass is 35.5. The minimum atomic E-state index is -3.58. The minimum absolute atomic E-state index is 0.140. The molecule has 2 aromatic rings. The van der Waals surface area contributed by atoms with E-state index in [1.54, 1.807) is 30.5 Å². The normalized spacial score (nSPS) is 12.2. The zero-order valence-electron chi connectivity index (χ0n) is 13.9. The Labute approximate surface area is 156 Å². The van der Waals surface area contributed by atoms with Crippen LogP contribution in [0.3, 0.4) is 0 Å². The van der Waals surface area contributed by atoms with E-state index in [9.17, 15) is 8.42 Å². The number of nitrogens with one attached hydrogen (secondary N) is 3. The zero-order valence-corrected chi connectivity index (χ0v) is 16.3. The summed E-state index contributed by atoms with van der Waals surface area (Å²) < 4.78 is 26.8. The van der Waals surface area contributed by atoms with Gasteiger partial charge in [0.25, 0.3) is 0 Å². The maximum absolute atomic E-state index is 12.2. The van der Waals surface area contributed by atoms with Crippen LogP contribution in [0.15, 0.2) is 40.4 Å². The average Bonchev–Trinajstić information content (AvgIpc) is 2.99. The molecule has 0 saturated carbocycles. The molecule has 0 fully saturated rings. The Hall–Kier alpha value is -1.68.